The highest BCUT2D eigenvalue weighted by atomic mass is 16.2. The highest BCUT2D eigenvalue weighted by molar-refractivity contribution is 6.04. The number of benzene rings is 4. The van der Waals surface area contributed by atoms with Gasteiger partial charge in [0.25, 0.3) is 11.1 Å². The number of amides is 4. The molecule has 0 saturated heterocycles. The van der Waals surface area contributed by atoms with E-state index < -0.39 is 12.1 Å². The predicted molar refractivity (Wildman–Crippen MR) is 257 cm³/mol. The Morgan fingerprint density at radius 2 is 0.875 bits per heavy atom. The number of nitrogens with one attached hydrogen (secondary N) is 6. The molecular weight excluding hydrogens is 801 g/mol. The van der Waals surface area contributed by atoms with E-state index in [0.717, 1.165) is 95.9 Å². The summed E-state index contributed by atoms with van der Waals surface area (Å²) in [6.45, 7) is 8.95. The van der Waals surface area contributed by atoms with Gasteiger partial charge in [0.15, 0.2) is 0 Å². The van der Waals surface area contributed by atoms with Crippen molar-refractivity contribution in [2.24, 2.45) is 0 Å². The monoisotopic (exact) mass is 860 g/mol. The number of H-pyrrole nitrogens is 2. The molecule has 12 heteroatoms. The van der Waals surface area contributed by atoms with Crippen LogP contribution in [-0.4, -0.2) is 32.0 Å². The Kier molecular flexibility index (Phi) is 17.0. The number of unbranched alkanes of at least 4 members (excludes halogenated alkanes) is 2. The van der Waals surface area contributed by atoms with Gasteiger partial charge in [-0.2, -0.15) is 0 Å². The van der Waals surface area contributed by atoms with Gasteiger partial charge in [0, 0.05) is 37.1 Å². The molecule has 2 heterocycles. The van der Waals surface area contributed by atoms with Gasteiger partial charge in [-0.1, -0.05) is 163 Å². The summed E-state index contributed by atoms with van der Waals surface area (Å²) in [5.74, 6) is 0.559. The highest BCUT2D eigenvalue weighted by Gasteiger charge is 2.18. The third-order valence-corrected chi connectivity index (χ3v) is 11.4. The van der Waals surface area contributed by atoms with Crippen LogP contribution in [-0.2, 0) is 13.1 Å². The maximum atomic E-state index is 13.0. The molecular formula is C52H60N8O4. The fraction of sp³-hybridized carbons (Fsp3) is 0.308. The fourth-order valence-corrected chi connectivity index (χ4v) is 7.88. The predicted octanol–water partition coefficient (Wildman–Crippen LogP) is 10.9. The van der Waals surface area contributed by atoms with Crippen LogP contribution in [0.3, 0.4) is 0 Å². The molecule has 332 valence electrons. The fourth-order valence-electron chi connectivity index (χ4n) is 7.88. The minimum atomic E-state index is -0.470. The van der Waals surface area contributed by atoms with Crippen LogP contribution < -0.4 is 32.4 Å². The van der Waals surface area contributed by atoms with Gasteiger partial charge in [-0.25, -0.2) is 19.6 Å². The van der Waals surface area contributed by atoms with Crippen LogP contribution in [0.4, 0.5) is 21.5 Å². The van der Waals surface area contributed by atoms with E-state index in [-0.39, 0.29) is 47.9 Å². The van der Waals surface area contributed by atoms with Crippen molar-refractivity contribution >= 4 is 35.1 Å². The summed E-state index contributed by atoms with van der Waals surface area (Å²) in [5, 5.41) is 11.2. The molecule has 4 amide bonds. The number of aromatic amines is 2. The molecule has 6 rings (SSSR count). The molecule has 0 spiro atoms. The number of nitrogens with zero attached hydrogens (tertiary/aromatic N) is 2. The summed E-state index contributed by atoms with van der Waals surface area (Å²) in [4.78, 5) is 65.4. The summed E-state index contributed by atoms with van der Waals surface area (Å²) in [5.41, 5.74) is 8.65. The molecule has 6 N–H and O–H groups in total. The average molecular weight is 861 g/mol. The lowest BCUT2D eigenvalue weighted by molar-refractivity contribution is 0.250. The van der Waals surface area contributed by atoms with Crippen LogP contribution >= 0.6 is 0 Å². The zero-order valence-electron chi connectivity index (χ0n) is 37.3. The van der Waals surface area contributed by atoms with E-state index in [1.54, 1.807) is 0 Å². The minimum Gasteiger partial charge on any atom is -0.334 e. The van der Waals surface area contributed by atoms with Crippen LogP contribution in [0.5, 0.6) is 0 Å². The molecule has 0 fully saturated rings. The Labute approximate surface area is 375 Å². The smallest absolute Gasteiger partial charge is 0.321 e. The third kappa shape index (κ3) is 13.0. The topological polar surface area (TPSA) is 174 Å². The number of aromatic nitrogens is 4. The second-order valence-electron chi connectivity index (χ2n) is 16.0. The highest BCUT2D eigenvalue weighted by Crippen LogP contribution is 2.37. The van der Waals surface area contributed by atoms with E-state index in [2.05, 4.69) is 117 Å². The Morgan fingerprint density at radius 1 is 0.516 bits per heavy atom. The molecule has 0 aliphatic heterocycles. The van der Waals surface area contributed by atoms with Crippen molar-refractivity contribution in [3.8, 4) is 0 Å². The van der Waals surface area contributed by atoms with Crippen LogP contribution in [0.2, 0.25) is 0 Å². The molecule has 0 saturated carbocycles. The second-order valence-corrected chi connectivity index (χ2v) is 16.0. The first kappa shape index (κ1) is 46.4. The molecule has 4 aromatic carbocycles. The molecule has 0 aliphatic carbocycles. The summed E-state index contributed by atoms with van der Waals surface area (Å²) in [6, 6.07) is 38.8. The SMILES string of the molecule is CCCCC(CC)c1cc(=O)[nH]c(NC(=O)NCc2ccc(/C(=C(\c3ccccc3)c3ccc(CNC(=O)Nc4nc(C(CC)CCCC)cc(=O)[nH]4)cc3)c3ccccc3)cc2)n1. The molecule has 2 unspecified atom stereocenters. The van der Waals surface area contributed by atoms with Gasteiger partial charge in [-0.15, -0.1) is 0 Å². The first-order valence-corrected chi connectivity index (χ1v) is 22.5. The maximum Gasteiger partial charge on any atom is 0.321 e. The largest absolute Gasteiger partial charge is 0.334 e. The number of carbonyl (C=O) groups excluding carboxylic acids is 2. The standard InChI is InChI=1S/C52H60N8O4/c1-5-9-17-37(7-3)43-31-45(61)57-49(55-43)59-51(63)53-33-35-23-27-41(28-24-35)47(39-19-13-11-14-20-39)48(40-21-15-12-16-22-40)42-29-25-36(26-30-42)34-54-52(64)60-50-56-44(32-46(62)58-50)38(8-4)18-10-6-2/h11-16,19-32,37-38H,5-10,17-18,33-34H2,1-4H3,(H3,53,55,57,59,61,63)(H3,54,56,58,60,62,64)/b48-47+. The number of urea groups is 2. The van der Waals surface area contributed by atoms with Gasteiger partial charge in [0.05, 0.1) is 11.4 Å². The van der Waals surface area contributed by atoms with Gasteiger partial charge in [0.1, 0.15) is 0 Å². The van der Waals surface area contributed by atoms with E-state index >= 15 is 0 Å². The number of rotatable bonds is 20. The molecule has 12 nitrogen and oxygen atoms in total. The van der Waals surface area contributed by atoms with Crippen molar-refractivity contribution in [2.45, 2.75) is 104 Å². The van der Waals surface area contributed by atoms with E-state index in [1.165, 1.54) is 12.1 Å². The molecule has 2 atom stereocenters. The summed E-state index contributed by atoms with van der Waals surface area (Å²) in [6.07, 6.45) is 7.79. The zero-order valence-corrected chi connectivity index (χ0v) is 37.3. The molecule has 2 aromatic heterocycles. The zero-order chi connectivity index (χ0) is 45.3. The summed E-state index contributed by atoms with van der Waals surface area (Å²) < 4.78 is 0. The van der Waals surface area contributed by atoms with E-state index in [9.17, 15) is 19.2 Å². The lowest BCUT2D eigenvalue weighted by Gasteiger charge is -2.19. The van der Waals surface area contributed by atoms with Gasteiger partial charge < -0.3 is 10.6 Å². The molecule has 0 radical (unpaired) electrons. The number of carbonyl (C=O) groups is 2. The summed E-state index contributed by atoms with van der Waals surface area (Å²) in [7, 11) is 0. The lowest BCUT2D eigenvalue weighted by Crippen LogP contribution is -2.30. The molecule has 6 aromatic rings. The normalized spacial score (nSPS) is 12.4. The Hall–Kier alpha value is -7.08. The van der Waals surface area contributed by atoms with Gasteiger partial charge >= 0.3 is 12.1 Å². The van der Waals surface area contributed by atoms with Crippen LogP contribution in [0.15, 0.2) is 131 Å². The third-order valence-electron chi connectivity index (χ3n) is 11.4. The van der Waals surface area contributed by atoms with Crippen molar-refractivity contribution in [3.63, 3.8) is 0 Å². The van der Waals surface area contributed by atoms with Crippen molar-refractivity contribution in [1.82, 2.24) is 30.6 Å². The number of hydrogen-bond acceptors (Lipinski definition) is 6. The molecule has 0 bridgehead atoms. The lowest BCUT2D eigenvalue weighted by atomic mass is 9.85. The summed E-state index contributed by atoms with van der Waals surface area (Å²) >= 11 is 0. The van der Waals surface area contributed by atoms with Crippen molar-refractivity contribution in [2.75, 3.05) is 10.6 Å². The van der Waals surface area contributed by atoms with Gasteiger partial charge in [-0.05, 0) is 70.2 Å². The first-order chi connectivity index (χ1) is 31.2. The number of anilines is 2. The Bertz CT molecular complexity index is 2410. The quantitative estimate of drug-likeness (QED) is 0.0417. The van der Waals surface area contributed by atoms with Crippen molar-refractivity contribution in [3.05, 3.63) is 187 Å². The van der Waals surface area contributed by atoms with Crippen LogP contribution in [0.25, 0.3) is 11.1 Å². The van der Waals surface area contributed by atoms with Crippen molar-refractivity contribution in [1.29, 1.82) is 0 Å². The van der Waals surface area contributed by atoms with E-state index in [0.29, 0.717) is 11.4 Å². The molecule has 64 heavy (non-hydrogen) atoms. The number of hydrogen-bond donors (Lipinski definition) is 6. The Morgan fingerprint density at radius 3 is 1.22 bits per heavy atom. The maximum absolute atomic E-state index is 13.0. The second kappa shape index (κ2) is 23.4. The van der Waals surface area contributed by atoms with Crippen LogP contribution in [0, 0.1) is 0 Å². The average Bonchev–Trinajstić information content (AvgIpc) is 3.30. The minimum absolute atomic E-state index is 0.127. The Balaban J connectivity index is 1.19. The van der Waals surface area contributed by atoms with E-state index in [1.807, 2.05) is 60.7 Å². The van der Waals surface area contributed by atoms with Crippen molar-refractivity contribution < 1.29 is 9.59 Å². The first-order valence-electron chi connectivity index (χ1n) is 22.5. The molecule has 0 aliphatic rings. The van der Waals surface area contributed by atoms with E-state index in [4.69, 9.17) is 0 Å². The van der Waals surface area contributed by atoms with Gasteiger partial charge in [0.2, 0.25) is 11.9 Å². The van der Waals surface area contributed by atoms with Gasteiger partial charge in [-0.3, -0.25) is 30.2 Å². The van der Waals surface area contributed by atoms with Crippen LogP contribution in [0.1, 0.15) is 136 Å².